The van der Waals surface area contributed by atoms with Crippen LogP contribution in [0.5, 0.6) is 0 Å². The summed E-state index contributed by atoms with van der Waals surface area (Å²) in [5.74, 6) is 1.62. The predicted molar refractivity (Wildman–Crippen MR) is 86.2 cm³/mol. The van der Waals surface area contributed by atoms with Gasteiger partial charge in [0.05, 0.1) is 16.4 Å². The van der Waals surface area contributed by atoms with Crippen molar-refractivity contribution < 1.29 is 0 Å². The number of imidazole rings is 1. The Morgan fingerprint density at radius 3 is 2.72 bits per heavy atom. The molecule has 18 heavy (non-hydrogen) atoms. The smallest absolute Gasteiger partial charge is 0.127 e. The fourth-order valence-corrected chi connectivity index (χ4v) is 2.70. The molecule has 2 aromatic rings. The Hall–Kier alpha value is -0.290. The molecule has 4 heteroatoms. The average molecular weight is 377 g/mol. The molecule has 1 heterocycles. The first-order chi connectivity index (χ1) is 8.52. The summed E-state index contributed by atoms with van der Waals surface area (Å²) in [5.41, 5.74) is 2.24. The van der Waals surface area contributed by atoms with Crippen molar-refractivity contribution in [2.45, 2.75) is 39.1 Å². The highest BCUT2D eigenvalue weighted by Crippen LogP contribution is 2.27. The normalized spacial score (nSPS) is 14.9. The molecule has 0 N–H and O–H groups in total. The van der Waals surface area contributed by atoms with Gasteiger partial charge in [0, 0.05) is 10.1 Å². The molecule has 98 valence electrons. The van der Waals surface area contributed by atoms with Crippen LogP contribution in [0.3, 0.4) is 0 Å². The first-order valence-corrected chi connectivity index (χ1v) is 7.84. The highest BCUT2D eigenvalue weighted by Gasteiger charge is 2.16. The molecular formula is C14H18ClIN2. The second-order valence-electron chi connectivity index (χ2n) is 4.84. The van der Waals surface area contributed by atoms with Crippen LogP contribution in [0.1, 0.15) is 38.4 Å². The summed E-state index contributed by atoms with van der Waals surface area (Å²) < 4.78 is 3.49. The number of alkyl halides is 1. The van der Waals surface area contributed by atoms with Gasteiger partial charge in [0.1, 0.15) is 5.82 Å². The molecule has 2 nitrogen and oxygen atoms in total. The number of fused-ring (bicyclic) bond motifs is 1. The Labute approximate surface area is 127 Å². The Morgan fingerprint density at radius 2 is 2.11 bits per heavy atom. The Bertz CT molecular complexity index is 548. The quantitative estimate of drug-likeness (QED) is 0.543. The highest BCUT2D eigenvalue weighted by atomic mass is 127. The molecule has 1 aromatic carbocycles. The van der Waals surface area contributed by atoms with Crippen LogP contribution < -0.4 is 0 Å². The van der Waals surface area contributed by atoms with Crippen LogP contribution >= 0.6 is 34.2 Å². The second-order valence-corrected chi connectivity index (χ2v) is 6.74. The standard InChI is InChI=1S/C14H18ClIN2/c1-4-9(2)8-18-13-6-5-11(16)7-12(13)17-14(18)10(3)15/h5-7,9-10H,4,8H2,1-3H3. The maximum absolute atomic E-state index is 6.26. The molecule has 2 atom stereocenters. The van der Waals surface area contributed by atoms with E-state index < -0.39 is 0 Å². The monoisotopic (exact) mass is 376 g/mol. The van der Waals surface area contributed by atoms with Crippen LogP contribution in [0.25, 0.3) is 11.0 Å². The SMILES string of the molecule is CCC(C)Cn1c(C(C)Cl)nc2cc(I)ccc21. The van der Waals surface area contributed by atoms with E-state index in [0.717, 1.165) is 17.9 Å². The van der Waals surface area contributed by atoms with E-state index >= 15 is 0 Å². The minimum atomic E-state index is -0.0564. The summed E-state index contributed by atoms with van der Waals surface area (Å²) >= 11 is 8.58. The summed E-state index contributed by atoms with van der Waals surface area (Å²) in [6.07, 6.45) is 1.17. The molecule has 0 amide bonds. The summed E-state index contributed by atoms with van der Waals surface area (Å²) in [5, 5.41) is -0.0564. The van der Waals surface area contributed by atoms with E-state index in [0.29, 0.717) is 5.92 Å². The van der Waals surface area contributed by atoms with E-state index in [1.165, 1.54) is 15.5 Å². The van der Waals surface area contributed by atoms with Gasteiger partial charge in [0.25, 0.3) is 0 Å². The number of hydrogen-bond donors (Lipinski definition) is 0. The number of hydrogen-bond acceptors (Lipinski definition) is 1. The molecule has 0 aliphatic heterocycles. The van der Waals surface area contributed by atoms with Crippen LogP contribution in [0.2, 0.25) is 0 Å². The van der Waals surface area contributed by atoms with Crippen LogP contribution in [-0.4, -0.2) is 9.55 Å². The maximum Gasteiger partial charge on any atom is 0.127 e. The van der Waals surface area contributed by atoms with Crippen LogP contribution in [0.15, 0.2) is 18.2 Å². The topological polar surface area (TPSA) is 17.8 Å². The van der Waals surface area contributed by atoms with Gasteiger partial charge < -0.3 is 4.57 Å². The Balaban J connectivity index is 2.55. The van der Waals surface area contributed by atoms with E-state index in [2.05, 4.69) is 64.2 Å². The zero-order valence-corrected chi connectivity index (χ0v) is 13.9. The van der Waals surface area contributed by atoms with Gasteiger partial charge in [-0.1, -0.05) is 20.3 Å². The second kappa shape index (κ2) is 5.78. The number of aromatic nitrogens is 2. The van der Waals surface area contributed by atoms with E-state index in [-0.39, 0.29) is 5.38 Å². The zero-order valence-electron chi connectivity index (χ0n) is 11.0. The lowest BCUT2D eigenvalue weighted by atomic mass is 10.1. The van der Waals surface area contributed by atoms with Crippen LogP contribution in [-0.2, 0) is 6.54 Å². The number of benzene rings is 1. The van der Waals surface area contributed by atoms with Crippen molar-refractivity contribution >= 4 is 45.2 Å². The van der Waals surface area contributed by atoms with E-state index in [1.807, 2.05) is 6.92 Å². The minimum Gasteiger partial charge on any atom is -0.326 e. The van der Waals surface area contributed by atoms with Crippen LogP contribution in [0, 0.1) is 9.49 Å². The molecule has 0 radical (unpaired) electrons. The lowest BCUT2D eigenvalue weighted by Gasteiger charge is -2.14. The predicted octanol–water partition coefficient (Wildman–Crippen LogP) is 4.99. The van der Waals surface area contributed by atoms with Gasteiger partial charge in [-0.2, -0.15) is 0 Å². The van der Waals surface area contributed by atoms with Crippen molar-refractivity contribution in [2.24, 2.45) is 5.92 Å². The maximum atomic E-state index is 6.26. The Morgan fingerprint density at radius 1 is 1.39 bits per heavy atom. The third-order valence-electron chi connectivity index (χ3n) is 3.29. The lowest BCUT2D eigenvalue weighted by molar-refractivity contribution is 0.465. The van der Waals surface area contributed by atoms with Crippen LogP contribution in [0.4, 0.5) is 0 Å². The third kappa shape index (κ3) is 2.82. The van der Waals surface area contributed by atoms with Gasteiger partial charge in [0.15, 0.2) is 0 Å². The van der Waals surface area contributed by atoms with E-state index in [4.69, 9.17) is 11.6 Å². The molecule has 0 aliphatic rings. The molecule has 2 rings (SSSR count). The van der Waals surface area contributed by atoms with Crippen molar-refractivity contribution in [3.05, 3.63) is 27.6 Å². The number of rotatable bonds is 4. The van der Waals surface area contributed by atoms with E-state index in [9.17, 15) is 0 Å². The number of halogens is 2. The first kappa shape index (κ1) is 14.1. The lowest BCUT2D eigenvalue weighted by Crippen LogP contribution is -2.10. The van der Waals surface area contributed by atoms with Crippen molar-refractivity contribution in [3.8, 4) is 0 Å². The first-order valence-electron chi connectivity index (χ1n) is 6.32. The molecule has 0 fully saturated rings. The average Bonchev–Trinajstić information content (AvgIpc) is 2.67. The van der Waals surface area contributed by atoms with Gasteiger partial charge in [0.2, 0.25) is 0 Å². The van der Waals surface area contributed by atoms with Crippen molar-refractivity contribution in [1.29, 1.82) is 0 Å². The minimum absolute atomic E-state index is 0.0564. The van der Waals surface area contributed by atoms with Crippen molar-refractivity contribution in [2.75, 3.05) is 0 Å². The van der Waals surface area contributed by atoms with Gasteiger partial charge in [-0.05, 0) is 53.6 Å². The van der Waals surface area contributed by atoms with E-state index in [1.54, 1.807) is 0 Å². The van der Waals surface area contributed by atoms with Gasteiger partial charge in [-0.15, -0.1) is 11.6 Å². The molecule has 0 spiro atoms. The fraction of sp³-hybridized carbons (Fsp3) is 0.500. The molecule has 0 aliphatic carbocycles. The molecule has 1 aromatic heterocycles. The molecule has 0 saturated carbocycles. The zero-order chi connectivity index (χ0) is 13.3. The molecular weight excluding hydrogens is 359 g/mol. The van der Waals surface area contributed by atoms with Gasteiger partial charge in [-0.3, -0.25) is 0 Å². The highest BCUT2D eigenvalue weighted by molar-refractivity contribution is 14.1. The summed E-state index contributed by atoms with van der Waals surface area (Å²) in [7, 11) is 0. The third-order valence-corrected chi connectivity index (χ3v) is 4.15. The van der Waals surface area contributed by atoms with Crippen molar-refractivity contribution in [1.82, 2.24) is 9.55 Å². The fourth-order valence-electron chi connectivity index (χ4n) is 2.06. The summed E-state index contributed by atoms with van der Waals surface area (Å²) in [6.45, 7) is 7.46. The molecule has 0 bridgehead atoms. The Kier molecular flexibility index (Phi) is 4.54. The summed E-state index contributed by atoms with van der Waals surface area (Å²) in [4.78, 5) is 4.69. The largest absolute Gasteiger partial charge is 0.326 e. The van der Waals surface area contributed by atoms with Gasteiger partial charge in [-0.25, -0.2) is 4.98 Å². The number of nitrogens with zero attached hydrogens (tertiary/aromatic N) is 2. The van der Waals surface area contributed by atoms with Crippen molar-refractivity contribution in [3.63, 3.8) is 0 Å². The summed E-state index contributed by atoms with van der Waals surface area (Å²) in [6, 6.07) is 6.39. The van der Waals surface area contributed by atoms with Gasteiger partial charge >= 0.3 is 0 Å². The molecule has 0 saturated heterocycles. The molecule has 2 unspecified atom stereocenters.